The lowest BCUT2D eigenvalue weighted by Gasteiger charge is -2.06. The molecule has 0 spiro atoms. The monoisotopic (exact) mass is 467 g/mol. The van der Waals surface area contributed by atoms with Crippen molar-refractivity contribution in [1.82, 2.24) is 10.2 Å². The fourth-order valence-corrected chi connectivity index (χ4v) is 3.34. The number of ether oxygens (including phenoxy) is 1. The summed E-state index contributed by atoms with van der Waals surface area (Å²) in [7, 11) is 0. The van der Waals surface area contributed by atoms with Gasteiger partial charge in [0, 0.05) is 9.50 Å². The van der Waals surface area contributed by atoms with Crippen molar-refractivity contribution >= 4 is 50.9 Å². The number of rotatable bonds is 7. The molecule has 0 aliphatic heterocycles. The molecule has 0 saturated carbocycles. The summed E-state index contributed by atoms with van der Waals surface area (Å²) < 4.78 is 12.0. The van der Waals surface area contributed by atoms with Gasteiger partial charge >= 0.3 is 0 Å². The van der Waals surface area contributed by atoms with Gasteiger partial charge < -0.3 is 14.5 Å². The normalized spacial score (nSPS) is 10.6. The first-order valence-electron chi connectivity index (χ1n) is 7.90. The molecule has 0 atom stereocenters. The number of amides is 1. The van der Waals surface area contributed by atoms with Gasteiger partial charge in [-0.2, -0.15) is 0 Å². The maximum atomic E-state index is 12.0. The second-order valence-corrected chi connectivity index (χ2v) is 7.69. The Morgan fingerprint density at radius 1 is 1.30 bits per heavy atom. The predicted octanol–water partition coefficient (Wildman–Crippen LogP) is 5.10. The number of thioether (sulfide) groups is 1. The van der Waals surface area contributed by atoms with E-state index in [9.17, 15) is 4.79 Å². The van der Waals surface area contributed by atoms with E-state index in [0.717, 1.165) is 21.8 Å². The molecular formula is C18H15BrClN3O3S. The second kappa shape index (κ2) is 9.25. The minimum atomic E-state index is -0.167. The molecule has 6 nitrogen and oxygen atoms in total. The zero-order valence-corrected chi connectivity index (χ0v) is 17.4. The summed E-state index contributed by atoms with van der Waals surface area (Å²) in [5.74, 6) is 1.01. The first kappa shape index (κ1) is 19.7. The lowest BCUT2D eigenvalue weighted by molar-refractivity contribution is -0.113. The van der Waals surface area contributed by atoms with Crippen LogP contribution in [-0.4, -0.2) is 21.9 Å². The topological polar surface area (TPSA) is 77.2 Å². The van der Waals surface area contributed by atoms with Gasteiger partial charge in [-0.15, -0.1) is 10.2 Å². The van der Waals surface area contributed by atoms with Crippen LogP contribution in [0.1, 0.15) is 11.5 Å². The van der Waals surface area contributed by atoms with Gasteiger partial charge in [-0.3, -0.25) is 4.79 Å². The number of para-hydroxylation sites is 1. The largest absolute Gasteiger partial charge is 0.484 e. The maximum absolute atomic E-state index is 12.0. The van der Waals surface area contributed by atoms with E-state index < -0.39 is 0 Å². The van der Waals surface area contributed by atoms with Gasteiger partial charge in [0.2, 0.25) is 5.91 Å². The summed E-state index contributed by atoms with van der Waals surface area (Å²) in [6.07, 6.45) is 0. The van der Waals surface area contributed by atoms with Crippen LogP contribution in [0.2, 0.25) is 5.02 Å². The minimum Gasteiger partial charge on any atom is -0.484 e. The molecule has 0 fully saturated rings. The summed E-state index contributed by atoms with van der Waals surface area (Å²) in [4.78, 5) is 12.0. The lowest BCUT2D eigenvalue weighted by atomic mass is 10.2. The maximum Gasteiger partial charge on any atom is 0.277 e. The molecule has 2 aromatic carbocycles. The Morgan fingerprint density at radius 3 is 2.89 bits per heavy atom. The van der Waals surface area contributed by atoms with Crippen molar-refractivity contribution in [2.24, 2.45) is 0 Å². The molecule has 0 aliphatic carbocycles. The van der Waals surface area contributed by atoms with Crippen LogP contribution >= 0.6 is 39.3 Å². The van der Waals surface area contributed by atoms with Crippen molar-refractivity contribution < 1.29 is 13.9 Å². The number of anilines is 1. The summed E-state index contributed by atoms with van der Waals surface area (Å²) in [6.45, 7) is 2.04. The molecule has 0 aliphatic rings. The molecule has 0 saturated heterocycles. The molecule has 1 amide bonds. The minimum absolute atomic E-state index is 0.138. The van der Waals surface area contributed by atoms with Gasteiger partial charge in [0.1, 0.15) is 5.75 Å². The van der Waals surface area contributed by atoms with Crippen LogP contribution in [0.3, 0.4) is 0 Å². The predicted molar refractivity (Wildman–Crippen MR) is 108 cm³/mol. The van der Waals surface area contributed by atoms with E-state index >= 15 is 0 Å². The zero-order valence-electron chi connectivity index (χ0n) is 14.2. The van der Waals surface area contributed by atoms with Gasteiger partial charge in [0.05, 0.1) is 11.4 Å². The van der Waals surface area contributed by atoms with E-state index in [-0.39, 0.29) is 18.3 Å². The van der Waals surface area contributed by atoms with Crippen molar-refractivity contribution in [3.63, 3.8) is 0 Å². The highest BCUT2D eigenvalue weighted by Gasteiger charge is 2.12. The van der Waals surface area contributed by atoms with Crippen LogP contribution in [-0.2, 0) is 11.4 Å². The Bertz CT molecular complexity index is 951. The third-order valence-electron chi connectivity index (χ3n) is 3.41. The first-order chi connectivity index (χ1) is 13.0. The Kier molecular flexibility index (Phi) is 6.76. The molecule has 140 valence electrons. The average molecular weight is 469 g/mol. The molecule has 27 heavy (non-hydrogen) atoms. The van der Waals surface area contributed by atoms with E-state index in [1.165, 1.54) is 0 Å². The molecule has 3 aromatic rings. The number of nitrogens with zero attached hydrogens (tertiary/aromatic N) is 2. The molecule has 0 radical (unpaired) electrons. The smallest absolute Gasteiger partial charge is 0.277 e. The summed E-state index contributed by atoms with van der Waals surface area (Å²) in [5, 5.41) is 11.6. The number of halogens is 2. The van der Waals surface area contributed by atoms with E-state index in [0.29, 0.717) is 27.6 Å². The van der Waals surface area contributed by atoms with Crippen LogP contribution in [0.4, 0.5) is 5.69 Å². The summed E-state index contributed by atoms with van der Waals surface area (Å²) >= 11 is 10.5. The molecule has 9 heteroatoms. The van der Waals surface area contributed by atoms with Crippen molar-refractivity contribution in [1.29, 1.82) is 0 Å². The Balaban J connectivity index is 1.49. The summed E-state index contributed by atoms with van der Waals surface area (Å²) in [5.41, 5.74) is 1.63. The molecule has 3 rings (SSSR count). The van der Waals surface area contributed by atoms with Crippen LogP contribution in [0.25, 0.3) is 0 Å². The van der Waals surface area contributed by atoms with Gasteiger partial charge in [-0.05, 0) is 58.7 Å². The van der Waals surface area contributed by atoms with E-state index in [4.69, 9.17) is 20.8 Å². The van der Waals surface area contributed by atoms with Crippen LogP contribution in [0.5, 0.6) is 5.75 Å². The fraction of sp³-hybridized carbons (Fsp3) is 0.167. The Hall–Kier alpha value is -2.03. The molecule has 1 heterocycles. The molecule has 1 aromatic heterocycles. The van der Waals surface area contributed by atoms with Gasteiger partial charge in [0.15, 0.2) is 6.61 Å². The molecular weight excluding hydrogens is 454 g/mol. The Morgan fingerprint density at radius 2 is 2.11 bits per heavy atom. The highest BCUT2D eigenvalue weighted by Crippen LogP contribution is 2.24. The van der Waals surface area contributed by atoms with Crippen molar-refractivity contribution in [2.45, 2.75) is 18.8 Å². The summed E-state index contributed by atoms with van der Waals surface area (Å²) in [6, 6.07) is 12.7. The fourth-order valence-electron chi connectivity index (χ4n) is 2.15. The molecule has 0 bridgehead atoms. The van der Waals surface area contributed by atoms with Crippen LogP contribution in [0, 0.1) is 6.92 Å². The number of hydrogen-bond acceptors (Lipinski definition) is 6. The number of nitrogens with one attached hydrogen (secondary N) is 1. The van der Waals surface area contributed by atoms with Crippen LogP contribution < -0.4 is 10.1 Å². The third-order valence-corrected chi connectivity index (χ3v) is 5.16. The highest BCUT2D eigenvalue weighted by atomic mass is 79.9. The lowest BCUT2D eigenvalue weighted by Crippen LogP contribution is -2.14. The van der Waals surface area contributed by atoms with E-state index in [2.05, 4.69) is 31.4 Å². The van der Waals surface area contributed by atoms with Crippen LogP contribution in [0.15, 0.2) is 56.6 Å². The number of carbonyl (C=O) groups is 1. The zero-order chi connectivity index (χ0) is 19.2. The number of aryl methyl sites for hydroxylation is 1. The number of aromatic nitrogens is 2. The molecule has 1 N–H and O–H groups in total. The second-order valence-electron chi connectivity index (χ2n) is 5.48. The first-order valence-corrected chi connectivity index (χ1v) is 10.1. The van der Waals surface area contributed by atoms with E-state index in [1.54, 1.807) is 12.1 Å². The number of hydrogen-bond donors (Lipinski definition) is 1. The number of carbonyl (C=O) groups excluding carboxylic acids is 1. The van der Waals surface area contributed by atoms with Gasteiger partial charge in [0.25, 0.3) is 11.1 Å². The highest BCUT2D eigenvalue weighted by molar-refractivity contribution is 9.10. The van der Waals surface area contributed by atoms with E-state index in [1.807, 2.05) is 37.3 Å². The third kappa shape index (κ3) is 5.72. The Labute approximate surface area is 173 Å². The quantitative estimate of drug-likeness (QED) is 0.486. The van der Waals surface area contributed by atoms with Crippen molar-refractivity contribution in [3.05, 3.63) is 63.4 Å². The van der Waals surface area contributed by atoms with Crippen molar-refractivity contribution in [3.8, 4) is 5.75 Å². The van der Waals surface area contributed by atoms with Gasteiger partial charge in [-0.1, -0.05) is 35.5 Å². The standard InChI is InChI=1S/C18H15BrClN3O3S/c1-11-8-12(20)6-7-15(11)25-9-17-22-23-18(26-17)27-10-16(24)21-14-5-3-2-4-13(14)19/h2-8H,9-10H2,1H3,(H,21,24). The van der Waals surface area contributed by atoms with Crippen molar-refractivity contribution in [2.75, 3.05) is 11.1 Å². The van der Waals surface area contributed by atoms with Gasteiger partial charge in [-0.25, -0.2) is 0 Å². The molecule has 0 unspecified atom stereocenters. The SMILES string of the molecule is Cc1cc(Cl)ccc1OCc1nnc(SCC(=O)Nc2ccccc2Br)o1. The number of benzene rings is 2. The average Bonchev–Trinajstić information content (AvgIpc) is 3.09.